The van der Waals surface area contributed by atoms with Gasteiger partial charge < -0.3 is 10.4 Å². The van der Waals surface area contributed by atoms with E-state index in [0.717, 1.165) is 12.3 Å². The van der Waals surface area contributed by atoms with Gasteiger partial charge in [0, 0.05) is 18.7 Å². The predicted octanol–water partition coefficient (Wildman–Crippen LogP) is 2.50. The lowest BCUT2D eigenvalue weighted by molar-refractivity contribution is 0.260. The minimum atomic E-state index is 0.264. The molecule has 1 aromatic carbocycles. The summed E-state index contributed by atoms with van der Waals surface area (Å²) in [7, 11) is 0. The summed E-state index contributed by atoms with van der Waals surface area (Å²) in [5.41, 5.74) is 1.38. The van der Waals surface area contributed by atoms with Crippen LogP contribution in [0.15, 0.2) is 30.3 Å². The molecular formula is C14H21NO. The zero-order chi connectivity index (χ0) is 11.4. The molecule has 2 nitrogen and oxygen atoms in total. The largest absolute Gasteiger partial charge is 0.396 e. The van der Waals surface area contributed by atoms with Crippen molar-refractivity contribution in [2.24, 2.45) is 5.92 Å². The average Bonchev–Trinajstić information content (AvgIpc) is 3.11. The highest BCUT2D eigenvalue weighted by Gasteiger charge is 2.32. The summed E-state index contributed by atoms with van der Waals surface area (Å²) >= 11 is 0. The van der Waals surface area contributed by atoms with Gasteiger partial charge in [0.1, 0.15) is 0 Å². The van der Waals surface area contributed by atoms with Crippen LogP contribution in [-0.2, 0) is 0 Å². The Morgan fingerprint density at radius 2 is 2.00 bits per heavy atom. The highest BCUT2D eigenvalue weighted by Crippen LogP contribution is 2.41. The Bertz CT molecular complexity index is 308. The summed E-state index contributed by atoms with van der Waals surface area (Å²) in [6.07, 6.45) is 3.49. The van der Waals surface area contributed by atoms with Crippen LogP contribution in [0, 0.1) is 5.92 Å². The average molecular weight is 219 g/mol. The molecule has 0 heterocycles. The van der Waals surface area contributed by atoms with Crippen molar-refractivity contribution in [3.05, 3.63) is 35.9 Å². The zero-order valence-corrected chi connectivity index (χ0v) is 9.89. The fourth-order valence-corrected chi connectivity index (χ4v) is 2.18. The van der Waals surface area contributed by atoms with Crippen molar-refractivity contribution < 1.29 is 5.11 Å². The molecule has 2 heteroatoms. The molecule has 1 fully saturated rings. The number of rotatable bonds is 6. The Labute approximate surface area is 97.7 Å². The number of aliphatic hydroxyl groups excluding tert-OH is 1. The number of nitrogens with one attached hydrogen (secondary N) is 1. The maximum atomic E-state index is 8.93. The Hall–Kier alpha value is -0.860. The molecule has 1 aliphatic rings. The second kappa shape index (κ2) is 5.46. The van der Waals surface area contributed by atoms with Crippen molar-refractivity contribution in [3.63, 3.8) is 0 Å². The van der Waals surface area contributed by atoms with Crippen LogP contribution in [0.5, 0.6) is 0 Å². The maximum Gasteiger partial charge on any atom is 0.0445 e. The topological polar surface area (TPSA) is 32.3 Å². The molecule has 0 spiro atoms. The van der Waals surface area contributed by atoms with E-state index in [4.69, 9.17) is 5.11 Å². The minimum absolute atomic E-state index is 0.264. The van der Waals surface area contributed by atoms with Gasteiger partial charge >= 0.3 is 0 Å². The summed E-state index contributed by atoms with van der Waals surface area (Å²) in [5.74, 6) is 0.795. The minimum Gasteiger partial charge on any atom is -0.396 e. The van der Waals surface area contributed by atoms with Gasteiger partial charge in [0.25, 0.3) is 0 Å². The third-order valence-corrected chi connectivity index (χ3v) is 3.28. The van der Waals surface area contributed by atoms with Crippen LogP contribution in [0.2, 0.25) is 0 Å². The normalized spacial score (nSPS) is 19.4. The van der Waals surface area contributed by atoms with E-state index in [1.807, 2.05) is 0 Å². The first kappa shape index (κ1) is 11.6. The monoisotopic (exact) mass is 219 g/mol. The Balaban J connectivity index is 2.00. The fourth-order valence-electron chi connectivity index (χ4n) is 2.18. The van der Waals surface area contributed by atoms with E-state index in [2.05, 4.69) is 42.6 Å². The highest BCUT2D eigenvalue weighted by atomic mass is 16.3. The van der Waals surface area contributed by atoms with Crippen LogP contribution in [0.25, 0.3) is 0 Å². The number of benzene rings is 1. The third kappa shape index (κ3) is 3.06. The zero-order valence-electron chi connectivity index (χ0n) is 9.89. The van der Waals surface area contributed by atoms with E-state index in [-0.39, 0.29) is 6.61 Å². The van der Waals surface area contributed by atoms with Gasteiger partial charge in [-0.25, -0.2) is 0 Å². The lowest BCUT2D eigenvalue weighted by atomic mass is 10.0. The lowest BCUT2D eigenvalue weighted by Crippen LogP contribution is -2.32. The first-order valence-corrected chi connectivity index (χ1v) is 6.23. The molecule has 0 aliphatic heterocycles. The van der Waals surface area contributed by atoms with Crippen LogP contribution >= 0.6 is 0 Å². The van der Waals surface area contributed by atoms with Gasteiger partial charge in [-0.05, 0) is 37.7 Å². The van der Waals surface area contributed by atoms with E-state index in [0.29, 0.717) is 12.1 Å². The van der Waals surface area contributed by atoms with E-state index in [1.165, 1.54) is 18.4 Å². The summed E-state index contributed by atoms with van der Waals surface area (Å²) in [6, 6.07) is 11.5. The smallest absolute Gasteiger partial charge is 0.0445 e. The Morgan fingerprint density at radius 1 is 1.31 bits per heavy atom. The molecule has 0 saturated heterocycles. The SMILES string of the molecule is C[C@H](CCO)NC(c1ccccc1)C1CC1. The molecule has 0 aromatic heterocycles. The van der Waals surface area contributed by atoms with Crippen molar-refractivity contribution in [3.8, 4) is 0 Å². The Morgan fingerprint density at radius 3 is 2.56 bits per heavy atom. The van der Waals surface area contributed by atoms with Crippen LogP contribution in [0.3, 0.4) is 0 Å². The third-order valence-electron chi connectivity index (χ3n) is 3.28. The molecule has 2 N–H and O–H groups in total. The van der Waals surface area contributed by atoms with Gasteiger partial charge in [-0.3, -0.25) is 0 Å². The second-order valence-corrected chi connectivity index (χ2v) is 4.81. The number of hydrogen-bond donors (Lipinski definition) is 2. The molecule has 2 rings (SSSR count). The molecule has 1 aliphatic carbocycles. The summed E-state index contributed by atoms with van der Waals surface area (Å²) in [6.45, 7) is 2.41. The number of aliphatic hydroxyl groups is 1. The van der Waals surface area contributed by atoms with Crippen molar-refractivity contribution in [2.75, 3.05) is 6.61 Å². The summed E-state index contributed by atoms with van der Waals surface area (Å²) in [5, 5.41) is 12.6. The molecule has 88 valence electrons. The summed E-state index contributed by atoms with van der Waals surface area (Å²) in [4.78, 5) is 0. The van der Waals surface area contributed by atoms with Crippen LogP contribution < -0.4 is 5.32 Å². The van der Waals surface area contributed by atoms with Gasteiger partial charge in [-0.1, -0.05) is 30.3 Å². The fraction of sp³-hybridized carbons (Fsp3) is 0.571. The standard InChI is InChI=1S/C14H21NO/c1-11(9-10-16)15-14(13-7-8-13)12-5-3-2-4-6-12/h2-6,11,13-16H,7-10H2,1H3/t11-,14?/m1/s1. The molecule has 0 amide bonds. The van der Waals surface area contributed by atoms with E-state index in [1.54, 1.807) is 0 Å². The van der Waals surface area contributed by atoms with Crippen LogP contribution in [0.4, 0.5) is 0 Å². The first-order chi connectivity index (χ1) is 7.81. The molecular weight excluding hydrogens is 198 g/mol. The molecule has 16 heavy (non-hydrogen) atoms. The molecule has 1 saturated carbocycles. The molecule has 1 aromatic rings. The van der Waals surface area contributed by atoms with Gasteiger partial charge in [-0.15, -0.1) is 0 Å². The van der Waals surface area contributed by atoms with E-state index < -0.39 is 0 Å². The maximum absolute atomic E-state index is 8.93. The Kier molecular flexibility index (Phi) is 3.97. The van der Waals surface area contributed by atoms with Crippen molar-refractivity contribution in [2.45, 2.75) is 38.3 Å². The highest BCUT2D eigenvalue weighted by molar-refractivity contribution is 5.21. The number of hydrogen-bond acceptors (Lipinski definition) is 2. The van der Waals surface area contributed by atoms with Gasteiger partial charge in [0.05, 0.1) is 0 Å². The van der Waals surface area contributed by atoms with Crippen molar-refractivity contribution in [1.29, 1.82) is 0 Å². The van der Waals surface area contributed by atoms with Crippen LogP contribution in [0.1, 0.15) is 37.8 Å². The van der Waals surface area contributed by atoms with E-state index >= 15 is 0 Å². The quantitative estimate of drug-likeness (QED) is 0.770. The molecule has 0 bridgehead atoms. The van der Waals surface area contributed by atoms with Gasteiger partial charge in [-0.2, -0.15) is 0 Å². The second-order valence-electron chi connectivity index (χ2n) is 4.81. The summed E-state index contributed by atoms with van der Waals surface area (Å²) < 4.78 is 0. The van der Waals surface area contributed by atoms with Crippen molar-refractivity contribution >= 4 is 0 Å². The van der Waals surface area contributed by atoms with Crippen LogP contribution in [-0.4, -0.2) is 17.8 Å². The van der Waals surface area contributed by atoms with Gasteiger partial charge in [0.15, 0.2) is 0 Å². The molecule has 0 radical (unpaired) electrons. The first-order valence-electron chi connectivity index (χ1n) is 6.23. The molecule has 1 unspecified atom stereocenters. The predicted molar refractivity (Wildman–Crippen MR) is 66.2 cm³/mol. The van der Waals surface area contributed by atoms with E-state index in [9.17, 15) is 0 Å². The van der Waals surface area contributed by atoms with Crippen molar-refractivity contribution in [1.82, 2.24) is 5.32 Å². The lowest BCUT2D eigenvalue weighted by Gasteiger charge is -2.23. The van der Waals surface area contributed by atoms with Gasteiger partial charge in [0.2, 0.25) is 0 Å². The molecule has 2 atom stereocenters.